The van der Waals surface area contributed by atoms with Crippen LogP contribution in [0.15, 0.2) is 40.8 Å². The molecule has 0 aliphatic heterocycles. The molecule has 0 saturated heterocycles. The zero-order chi connectivity index (χ0) is 20.1. The van der Waals surface area contributed by atoms with Gasteiger partial charge in [0.1, 0.15) is 11.4 Å². The van der Waals surface area contributed by atoms with E-state index >= 15 is 0 Å². The molecule has 0 saturated carbocycles. The summed E-state index contributed by atoms with van der Waals surface area (Å²) in [7, 11) is 0. The number of unbranched alkanes of at least 4 members (excludes halogenated alkanes) is 1. The van der Waals surface area contributed by atoms with Crippen molar-refractivity contribution in [3.05, 3.63) is 51.9 Å². The van der Waals surface area contributed by atoms with Crippen molar-refractivity contribution in [1.82, 2.24) is 20.2 Å². The van der Waals surface area contributed by atoms with Gasteiger partial charge >= 0.3 is 6.03 Å². The number of aromatic nitrogens is 2. The van der Waals surface area contributed by atoms with Gasteiger partial charge in [0.2, 0.25) is 5.91 Å². The third-order valence-electron chi connectivity index (χ3n) is 4.31. The number of aryl methyl sites for hydroxylation is 1. The van der Waals surface area contributed by atoms with Crippen molar-refractivity contribution in [2.45, 2.75) is 33.2 Å². The largest absolute Gasteiger partial charge is 0.338 e. The lowest BCUT2D eigenvalue weighted by Crippen LogP contribution is -2.42. The molecule has 0 spiro atoms. The van der Waals surface area contributed by atoms with Crippen LogP contribution in [-0.4, -0.2) is 28.0 Å². The SMILES string of the molecule is CCCCNC(=O)NC(=O)Cn1cnc2scc(-c3ccc(C)cc3)c2c1=O. The summed E-state index contributed by atoms with van der Waals surface area (Å²) < 4.78 is 1.22. The Morgan fingerprint density at radius 1 is 1.21 bits per heavy atom. The number of carbonyl (C=O) groups is 2. The minimum Gasteiger partial charge on any atom is -0.338 e. The number of amides is 3. The van der Waals surface area contributed by atoms with Crippen LogP contribution in [0.2, 0.25) is 0 Å². The number of imide groups is 1. The highest BCUT2D eigenvalue weighted by Crippen LogP contribution is 2.30. The maximum atomic E-state index is 12.9. The predicted octanol–water partition coefficient (Wildman–Crippen LogP) is 3.06. The predicted molar refractivity (Wildman–Crippen MR) is 111 cm³/mol. The van der Waals surface area contributed by atoms with Crippen LogP contribution in [0.25, 0.3) is 21.3 Å². The molecule has 0 fully saturated rings. The van der Waals surface area contributed by atoms with Crippen LogP contribution >= 0.6 is 11.3 Å². The lowest BCUT2D eigenvalue weighted by molar-refractivity contribution is -0.120. The number of fused-ring (bicyclic) bond motifs is 1. The normalized spacial score (nSPS) is 10.8. The van der Waals surface area contributed by atoms with Crippen LogP contribution in [0.5, 0.6) is 0 Å². The van der Waals surface area contributed by atoms with E-state index in [1.54, 1.807) is 0 Å². The topological polar surface area (TPSA) is 93.1 Å². The van der Waals surface area contributed by atoms with E-state index in [0.29, 0.717) is 16.8 Å². The molecule has 3 aromatic rings. The molecule has 3 amide bonds. The van der Waals surface area contributed by atoms with Crippen molar-refractivity contribution in [2.24, 2.45) is 0 Å². The van der Waals surface area contributed by atoms with Gasteiger partial charge in [-0.2, -0.15) is 0 Å². The molecule has 0 bridgehead atoms. The van der Waals surface area contributed by atoms with Crippen molar-refractivity contribution < 1.29 is 9.59 Å². The van der Waals surface area contributed by atoms with Gasteiger partial charge in [-0.15, -0.1) is 11.3 Å². The molecule has 7 nitrogen and oxygen atoms in total. The second-order valence-electron chi connectivity index (χ2n) is 6.53. The maximum absolute atomic E-state index is 12.9. The fourth-order valence-corrected chi connectivity index (χ4v) is 3.68. The first-order valence-corrected chi connectivity index (χ1v) is 9.99. The fourth-order valence-electron chi connectivity index (χ4n) is 2.77. The van der Waals surface area contributed by atoms with Crippen LogP contribution < -0.4 is 16.2 Å². The molecular formula is C20H22N4O3S. The summed E-state index contributed by atoms with van der Waals surface area (Å²) in [5, 5.41) is 7.22. The molecule has 146 valence electrons. The van der Waals surface area contributed by atoms with Gasteiger partial charge in [0, 0.05) is 17.5 Å². The van der Waals surface area contributed by atoms with Gasteiger partial charge in [-0.25, -0.2) is 9.78 Å². The van der Waals surface area contributed by atoms with Gasteiger partial charge in [-0.3, -0.25) is 19.5 Å². The van der Waals surface area contributed by atoms with Crippen LogP contribution in [0, 0.1) is 6.92 Å². The Morgan fingerprint density at radius 2 is 1.96 bits per heavy atom. The molecular weight excluding hydrogens is 376 g/mol. The zero-order valence-corrected chi connectivity index (χ0v) is 16.6. The van der Waals surface area contributed by atoms with Crippen LogP contribution in [0.4, 0.5) is 4.79 Å². The van der Waals surface area contributed by atoms with Gasteiger partial charge in [-0.1, -0.05) is 43.2 Å². The lowest BCUT2D eigenvalue weighted by atomic mass is 10.1. The van der Waals surface area contributed by atoms with Gasteiger partial charge in [-0.05, 0) is 18.9 Å². The van der Waals surface area contributed by atoms with Crippen molar-refractivity contribution in [2.75, 3.05) is 6.54 Å². The van der Waals surface area contributed by atoms with Crippen molar-refractivity contribution in [1.29, 1.82) is 0 Å². The third-order valence-corrected chi connectivity index (χ3v) is 5.19. The van der Waals surface area contributed by atoms with Crippen molar-refractivity contribution in [3.63, 3.8) is 0 Å². The summed E-state index contributed by atoms with van der Waals surface area (Å²) in [6, 6.07) is 7.33. The average Bonchev–Trinajstić information content (AvgIpc) is 3.10. The molecule has 2 aromatic heterocycles. The van der Waals surface area contributed by atoms with Crippen molar-refractivity contribution >= 4 is 33.5 Å². The molecule has 0 atom stereocenters. The Bertz CT molecular complexity index is 1050. The lowest BCUT2D eigenvalue weighted by Gasteiger charge is -2.08. The number of hydrogen-bond donors (Lipinski definition) is 2. The minimum atomic E-state index is -0.565. The fraction of sp³-hybridized carbons (Fsp3) is 0.300. The molecule has 3 rings (SSSR count). The monoisotopic (exact) mass is 398 g/mol. The molecule has 0 aliphatic carbocycles. The Kier molecular flexibility index (Phi) is 6.20. The maximum Gasteiger partial charge on any atom is 0.321 e. The Balaban J connectivity index is 1.81. The van der Waals surface area contributed by atoms with E-state index in [0.717, 1.165) is 29.5 Å². The summed E-state index contributed by atoms with van der Waals surface area (Å²) in [5.41, 5.74) is 2.55. The van der Waals surface area contributed by atoms with Crippen LogP contribution in [0.1, 0.15) is 25.3 Å². The first kappa shape index (κ1) is 19.8. The van der Waals surface area contributed by atoms with E-state index in [4.69, 9.17) is 0 Å². The summed E-state index contributed by atoms with van der Waals surface area (Å²) in [6.07, 6.45) is 3.12. The number of nitrogens with zero attached hydrogens (tertiary/aromatic N) is 2. The highest BCUT2D eigenvalue weighted by molar-refractivity contribution is 7.17. The second-order valence-corrected chi connectivity index (χ2v) is 7.39. The Hall–Kier alpha value is -3.00. The zero-order valence-electron chi connectivity index (χ0n) is 15.8. The summed E-state index contributed by atoms with van der Waals surface area (Å²) >= 11 is 1.39. The van der Waals surface area contributed by atoms with Crippen LogP contribution in [0.3, 0.4) is 0 Å². The number of thiophene rings is 1. The quantitative estimate of drug-likeness (QED) is 0.624. The van der Waals surface area contributed by atoms with E-state index in [1.165, 1.54) is 22.2 Å². The molecule has 1 aromatic carbocycles. The molecule has 0 radical (unpaired) electrons. The Morgan fingerprint density at radius 3 is 2.68 bits per heavy atom. The van der Waals surface area contributed by atoms with Crippen LogP contribution in [-0.2, 0) is 11.3 Å². The van der Waals surface area contributed by atoms with Gasteiger partial charge in [0.15, 0.2) is 0 Å². The summed E-state index contributed by atoms with van der Waals surface area (Å²) in [4.78, 5) is 41.7. The number of benzene rings is 1. The number of hydrogen-bond acceptors (Lipinski definition) is 5. The van der Waals surface area contributed by atoms with E-state index in [9.17, 15) is 14.4 Å². The Labute approximate surface area is 166 Å². The number of nitrogens with one attached hydrogen (secondary N) is 2. The van der Waals surface area contributed by atoms with E-state index in [1.807, 2.05) is 43.5 Å². The summed E-state index contributed by atoms with van der Waals surface area (Å²) in [5.74, 6) is -0.565. The molecule has 2 heterocycles. The molecule has 2 N–H and O–H groups in total. The third kappa shape index (κ3) is 4.45. The van der Waals surface area contributed by atoms with E-state index in [2.05, 4.69) is 15.6 Å². The highest BCUT2D eigenvalue weighted by Gasteiger charge is 2.15. The number of urea groups is 1. The first-order valence-electron chi connectivity index (χ1n) is 9.11. The minimum absolute atomic E-state index is 0.272. The summed E-state index contributed by atoms with van der Waals surface area (Å²) in [6.45, 7) is 4.24. The highest BCUT2D eigenvalue weighted by atomic mass is 32.1. The number of rotatable bonds is 6. The van der Waals surface area contributed by atoms with Crippen molar-refractivity contribution in [3.8, 4) is 11.1 Å². The average molecular weight is 398 g/mol. The van der Waals surface area contributed by atoms with E-state index in [-0.39, 0.29) is 12.1 Å². The number of carbonyl (C=O) groups excluding carboxylic acids is 2. The smallest absolute Gasteiger partial charge is 0.321 e. The molecule has 28 heavy (non-hydrogen) atoms. The second kappa shape index (κ2) is 8.79. The van der Waals surface area contributed by atoms with Gasteiger partial charge < -0.3 is 5.32 Å². The molecule has 8 heteroatoms. The first-order chi connectivity index (χ1) is 13.5. The molecule has 0 aliphatic rings. The molecule has 0 unspecified atom stereocenters. The standard InChI is InChI=1S/C20H22N4O3S/c1-3-4-9-21-20(27)23-16(25)10-24-12-22-18-17(19(24)26)15(11-28-18)14-7-5-13(2)6-8-14/h5-8,11-12H,3-4,9-10H2,1-2H3,(H2,21,23,25,27). The van der Waals surface area contributed by atoms with Gasteiger partial charge in [0.25, 0.3) is 5.56 Å². The van der Waals surface area contributed by atoms with E-state index < -0.39 is 11.9 Å². The van der Waals surface area contributed by atoms with Gasteiger partial charge in [0.05, 0.1) is 11.7 Å².